The van der Waals surface area contributed by atoms with Crippen LogP contribution in [0.5, 0.6) is 0 Å². The maximum atomic E-state index is 3.88. The quantitative estimate of drug-likeness (QED) is 0.219. The summed E-state index contributed by atoms with van der Waals surface area (Å²) in [5.74, 6) is 0. The van der Waals surface area contributed by atoms with Crippen LogP contribution in [0.1, 0.15) is 96.3 Å². The number of unbranched alkanes of at least 4 members (excludes halogenated alkanes) is 13. The molecule has 0 saturated heterocycles. The van der Waals surface area contributed by atoms with E-state index in [9.17, 15) is 0 Å². The Morgan fingerprint density at radius 1 is 0.421 bits per heavy atom. The molecule has 0 fully saturated rings. The van der Waals surface area contributed by atoms with Crippen molar-refractivity contribution in [2.45, 2.75) is 96.3 Å². The second-order valence-corrected chi connectivity index (χ2v) is 5.64. The van der Waals surface area contributed by atoms with Crippen LogP contribution in [-0.4, -0.2) is 0 Å². The van der Waals surface area contributed by atoms with E-state index in [1.54, 1.807) is 0 Å². The topological polar surface area (TPSA) is 0 Å². The van der Waals surface area contributed by atoms with Gasteiger partial charge in [0.25, 0.3) is 0 Å². The van der Waals surface area contributed by atoms with Crippen molar-refractivity contribution >= 4 is 0 Å². The predicted octanol–water partition coefficient (Wildman–Crippen LogP) is 7.06. The molecule has 0 aromatic rings. The molecule has 0 unspecified atom stereocenters. The van der Waals surface area contributed by atoms with E-state index in [1.807, 2.05) is 0 Å². The standard InChI is InChI=1S/C19H36/c1-3-5-7-9-11-13-15-17-19-18-16-14-12-10-8-6-4-2/h7,9H,1-6,8,10-19H2/b9-7+. The van der Waals surface area contributed by atoms with E-state index >= 15 is 0 Å². The van der Waals surface area contributed by atoms with Crippen molar-refractivity contribution in [2.75, 3.05) is 0 Å². The lowest BCUT2D eigenvalue weighted by molar-refractivity contribution is 0.547. The van der Waals surface area contributed by atoms with Gasteiger partial charge in [-0.3, -0.25) is 0 Å². The zero-order chi connectivity index (χ0) is 14.0. The van der Waals surface area contributed by atoms with Crippen LogP contribution in [0.25, 0.3) is 0 Å². The fraction of sp³-hybridized carbons (Fsp3) is 0.789. The molecule has 0 aliphatic rings. The van der Waals surface area contributed by atoms with Gasteiger partial charge in [0, 0.05) is 0 Å². The first-order valence-electron chi connectivity index (χ1n) is 8.65. The van der Waals surface area contributed by atoms with Crippen LogP contribution in [0.2, 0.25) is 0 Å². The Kier molecular flexibility index (Phi) is 17.5. The fourth-order valence-corrected chi connectivity index (χ4v) is 2.38. The molecule has 2 radical (unpaired) electrons. The van der Waals surface area contributed by atoms with Crippen LogP contribution < -0.4 is 0 Å². The maximum absolute atomic E-state index is 3.88. The van der Waals surface area contributed by atoms with Gasteiger partial charge < -0.3 is 0 Å². The van der Waals surface area contributed by atoms with Crippen molar-refractivity contribution in [3.8, 4) is 0 Å². The highest BCUT2D eigenvalue weighted by Gasteiger charge is 1.92. The van der Waals surface area contributed by atoms with Crippen LogP contribution in [0.15, 0.2) is 12.2 Å². The Balaban J connectivity index is 2.95. The first-order valence-corrected chi connectivity index (χ1v) is 8.65. The van der Waals surface area contributed by atoms with E-state index in [-0.39, 0.29) is 0 Å². The van der Waals surface area contributed by atoms with E-state index in [0.29, 0.717) is 0 Å². The summed E-state index contributed by atoms with van der Waals surface area (Å²) in [5, 5.41) is 0. The van der Waals surface area contributed by atoms with Crippen molar-refractivity contribution in [3.63, 3.8) is 0 Å². The van der Waals surface area contributed by atoms with Crippen LogP contribution in [0, 0.1) is 13.8 Å². The molecule has 0 spiro atoms. The summed E-state index contributed by atoms with van der Waals surface area (Å²) in [6.45, 7) is 7.72. The minimum absolute atomic E-state index is 1.03. The van der Waals surface area contributed by atoms with Crippen molar-refractivity contribution in [2.24, 2.45) is 0 Å². The zero-order valence-electron chi connectivity index (χ0n) is 13.2. The molecule has 0 aliphatic heterocycles. The van der Waals surface area contributed by atoms with Gasteiger partial charge in [-0.1, -0.05) is 96.6 Å². The normalized spacial score (nSPS) is 11.5. The van der Waals surface area contributed by atoms with E-state index in [1.165, 1.54) is 77.0 Å². The van der Waals surface area contributed by atoms with Crippen molar-refractivity contribution < 1.29 is 0 Å². The molecule has 0 heterocycles. The van der Waals surface area contributed by atoms with Crippen LogP contribution in [0.4, 0.5) is 0 Å². The Hall–Kier alpha value is -0.260. The third kappa shape index (κ3) is 17.7. The van der Waals surface area contributed by atoms with Gasteiger partial charge in [-0.15, -0.1) is 0 Å². The maximum Gasteiger partial charge on any atom is -0.0351 e. The van der Waals surface area contributed by atoms with Crippen molar-refractivity contribution in [1.82, 2.24) is 0 Å². The smallest absolute Gasteiger partial charge is 0.0351 e. The van der Waals surface area contributed by atoms with E-state index in [2.05, 4.69) is 26.0 Å². The zero-order valence-corrected chi connectivity index (χ0v) is 13.2. The minimum Gasteiger partial charge on any atom is -0.0885 e. The average Bonchev–Trinajstić information content (AvgIpc) is 2.43. The summed E-state index contributed by atoms with van der Waals surface area (Å²) < 4.78 is 0. The molecule has 0 aromatic heterocycles. The van der Waals surface area contributed by atoms with Gasteiger partial charge in [0.1, 0.15) is 0 Å². The third-order valence-electron chi connectivity index (χ3n) is 3.66. The Bertz CT molecular complexity index is 169. The van der Waals surface area contributed by atoms with Gasteiger partial charge in [0.05, 0.1) is 0 Å². The molecule has 0 amide bonds. The number of rotatable bonds is 15. The van der Waals surface area contributed by atoms with Gasteiger partial charge in [0.2, 0.25) is 0 Å². The van der Waals surface area contributed by atoms with E-state index in [0.717, 1.165) is 19.3 Å². The lowest BCUT2D eigenvalue weighted by Crippen LogP contribution is -1.82. The van der Waals surface area contributed by atoms with Gasteiger partial charge in [-0.25, -0.2) is 0 Å². The molecule has 0 nitrogen and oxygen atoms in total. The molecular formula is C19H36. The number of hydrogen-bond acceptors (Lipinski definition) is 0. The highest BCUT2D eigenvalue weighted by Crippen LogP contribution is 2.12. The molecule has 0 N–H and O–H groups in total. The van der Waals surface area contributed by atoms with Crippen LogP contribution >= 0.6 is 0 Å². The van der Waals surface area contributed by atoms with Crippen LogP contribution in [0.3, 0.4) is 0 Å². The first kappa shape index (κ1) is 18.7. The average molecular weight is 264 g/mol. The number of hydrogen-bond donors (Lipinski definition) is 0. The monoisotopic (exact) mass is 264 g/mol. The highest BCUT2D eigenvalue weighted by molar-refractivity contribution is 4.81. The van der Waals surface area contributed by atoms with Gasteiger partial charge in [-0.05, 0) is 25.7 Å². The van der Waals surface area contributed by atoms with E-state index < -0.39 is 0 Å². The fourth-order valence-electron chi connectivity index (χ4n) is 2.38. The SMILES string of the molecule is [CH2]CC/C=C/CCCCCCCCCCCCC[CH2]. The number of allylic oxidation sites excluding steroid dienone is 2. The highest BCUT2D eigenvalue weighted by atomic mass is 14.0. The molecular weight excluding hydrogens is 228 g/mol. The predicted molar refractivity (Wildman–Crippen MR) is 89.1 cm³/mol. The molecule has 0 bridgehead atoms. The van der Waals surface area contributed by atoms with Crippen molar-refractivity contribution in [3.05, 3.63) is 26.0 Å². The molecule has 0 aliphatic carbocycles. The lowest BCUT2D eigenvalue weighted by Gasteiger charge is -2.02. The molecule has 112 valence electrons. The molecule has 0 saturated carbocycles. The van der Waals surface area contributed by atoms with Gasteiger partial charge in [0.15, 0.2) is 0 Å². The van der Waals surface area contributed by atoms with Crippen molar-refractivity contribution in [1.29, 1.82) is 0 Å². The molecule has 0 rings (SSSR count). The molecule has 0 atom stereocenters. The van der Waals surface area contributed by atoms with E-state index in [4.69, 9.17) is 0 Å². The Labute approximate surface area is 123 Å². The van der Waals surface area contributed by atoms with Gasteiger partial charge in [-0.2, -0.15) is 0 Å². The summed E-state index contributed by atoms with van der Waals surface area (Å²) in [5.41, 5.74) is 0. The second kappa shape index (κ2) is 17.7. The molecule has 0 aromatic carbocycles. The van der Waals surface area contributed by atoms with Gasteiger partial charge >= 0.3 is 0 Å². The largest absolute Gasteiger partial charge is 0.0885 e. The summed E-state index contributed by atoms with van der Waals surface area (Å²) in [7, 11) is 0. The first-order chi connectivity index (χ1) is 9.41. The Morgan fingerprint density at radius 3 is 1.32 bits per heavy atom. The Morgan fingerprint density at radius 2 is 0.842 bits per heavy atom. The summed E-state index contributed by atoms with van der Waals surface area (Å²) in [6.07, 6.45) is 24.8. The molecule has 0 heteroatoms. The summed E-state index contributed by atoms with van der Waals surface area (Å²) in [6, 6.07) is 0. The third-order valence-corrected chi connectivity index (χ3v) is 3.66. The summed E-state index contributed by atoms with van der Waals surface area (Å²) >= 11 is 0. The lowest BCUT2D eigenvalue weighted by atomic mass is 10.0. The van der Waals surface area contributed by atoms with Crippen LogP contribution in [-0.2, 0) is 0 Å². The molecule has 19 heavy (non-hydrogen) atoms. The minimum atomic E-state index is 1.03. The summed E-state index contributed by atoms with van der Waals surface area (Å²) in [4.78, 5) is 0. The second-order valence-electron chi connectivity index (χ2n) is 5.64.